The Labute approximate surface area is 61.9 Å². The van der Waals surface area contributed by atoms with E-state index in [0.717, 1.165) is 6.42 Å². The fraction of sp³-hybridized carbons (Fsp3) is 1.00. The van der Waals surface area contributed by atoms with E-state index in [-0.39, 0.29) is 11.2 Å². The normalized spacial score (nSPS) is 31.3. The standard InChI is InChI=1S/C6H13NO2S/c1-5(2)6-3-4-7-10(6,8)9/h5-7H,3-4H2,1-2H3/t6-/m0/s1. The van der Waals surface area contributed by atoms with E-state index in [1.165, 1.54) is 0 Å². The fourth-order valence-corrected chi connectivity index (χ4v) is 3.06. The average Bonchev–Trinajstić information content (AvgIpc) is 2.08. The molecule has 1 rings (SSSR count). The monoisotopic (exact) mass is 163 g/mol. The van der Waals surface area contributed by atoms with E-state index in [0.29, 0.717) is 6.54 Å². The number of hydrogen-bond acceptors (Lipinski definition) is 2. The first kappa shape index (κ1) is 8.01. The zero-order chi connectivity index (χ0) is 7.78. The molecule has 60 valence electrons. The van der Waals surface area contributed by atoms with Crippen molar-refractivity contribution < 1.29 is 8.42 Å². The maximum atomic E-state index is 11.1. The van der Waals surface area contributed by atoms with Gasteiger partial charge < -0.3 is 0 Å². The van der Waals surface area contributed by atoms with Crippen molar-refractivity contribution in [3.63, 3.8) is 0 Å². The first-order valence-corrected chi connectivity index (χ1v) is 5.07. The average molecular weight is 163 g/mol. The molecule has 0 aliphatic carbocycles. The van der Waals surface area contributed by atoms with Gasteiger partial charge in [0.15, 0.2) is 0 Å². The third kappa shape index (κ3) is 1.32. The molecule has 0 amide bonds. The van der Waals surface area contributed by atoms with Crippen molar-refractivity contribution in [3.05, 3.63) is 0 Å². The molecule has 1 atom stereocenters. The molecule has 1 heterocycles. The fourth-order valence-electron chi connectivity index (χ4n) is 1.30. The largest absolute Gasteiger partial charge is 0.215 e. The predicted molar refractivity (Wildman–Crippen MR) is 40.2 cm³/mol. The van der Waals surface area contributed by atoms with Gasteiger partial charge in [0.25, 0.3) is 0 Å². The third-order valence-electron chi connectivity index (χ3n) is 1.87. The van der Waals surface area contributed by atoms with Crippen LogP contribution >= 0.6 is 0 Å². The van der Waals surface area contributed by atoms with Crippen LogP contribution in [0.1, 0.15) is 20.3 Å². The molecule has 0 aromatic heterocycles. The summed E-state index contributed by atoms with van der Waals surface area (Å²) in [5.41, 5.74) is 0. The van der Waals surface area contributed by atoms with E-state index in [1.54, 1.807) is 0 Å². The van der Waals surface area contributed by atoms with Gasteiger partial charge in [-0.2, -0.15) is 0 Å². The molecule has 0 radical (unpaired) electrons. The number of rotatable bonds is 1. The Morgan fingerprint density at radius 3 is 2.30 bits per heavy atom. The number of sulfonamides is 1. The van der Waals surface area contributed by atoms with Crippen LogP contribution < -0.4 is 4.72 Å². The van der Waals surface area contributed by atoms with Gasteiger partial charge in [0.2, 0.25) is 10.0 Å². The van der Waals surface area contributed by atoms with Crippen LogP contribution in [-0.2, 0) is 10.0 Å². The lowest BCUT2D eigenvalue weighted by Gasteiger charge is -2.10. The summed E-state index contributed by atoms with van der Waals surface area (Å²) < 4.78 is 24.7. The lowest BCUT2D eigenvalue weighted by Crippen LogP contribution is -2.26. The lowest BCUT2D eigenvalue weighted by molar-refractivity contribution is 0.540. The summed E-state index contributed by atoms with van der Waals surface area (Å²) in [6.45, 7) is 4.50. The van der Waals surface area contributed by atoms with Gasteiger partial charge in [-0.1, -0.05) is 13.8 Å². The molecule has 0 saturated carbocycles. The third-order valence-corrected chi connectivity index (χ3v) is 4.06. The van der Waals surface area contributed by atoms with Crippen molar-refractivity contribution in [1.29, 1.82) is 0 Å². The van der Waals surface area contributed by atoms with Gasteiger partial charge in [-0.15, -0.1) is 0 Å². The molecule has 4 heteroatoms. The van der Waals surface area contributed by atoms with Crippen molar-refractivity contribution in [2.45, 2.75) is 25.5 Å². The molecule has 3 nitrogen and oxygen atoms in total. The van der Waals surface area contributed by atoms with E-state index in [1.807, 2.05) is 13.8 Å². The molecule has 1 fully saturated rings. The number of hydrogen-bond donors (Lipinski definition) is 1. The Bertz CT molecular complexity index is 208. The van der Waals surface area contributed by atoms with Gasteiger partial charge in [0.05, 0.1) is 5.25 Å². The molecule has 1 N–H and O–H groups in total. The molecule has 1 aliphatic rings. The maximum absolute atomic E-state index is 11.1. The first-order chi connectivity index (χ1) is 4.54. The van der Waals surface area contributed by atoms with Gasteiger partial charge in [-0.25, -0.2) is 13.1 Å². The van der Waals surface area contributed by atoms with Gasteiger partial charge in [-0.05, 0) is 12.3 Å². The predicted octanol–water partition coefficient (Wildman–Crippen LogP) is 0.334. The second-order valence-electron chi connectivity index (χ2n) is 3.01. The minimum Gasteiger partial charge on any atom is -0.215 e. The van der Waals surface area contributed by atoms with Crippen LogP contribution in [0.3, 0.4) is 0 Å². The Morgan fingerprint density at radius 1 is 1.50 bits per heavy atom. The van der Waals surface area contributed by atoms with Crippen molar-refractivity contribution in [2.75, 3.05) is 6.54 Å². The molecule has 10 heavy (non-hydrogen) atoms. The van der Waals surface area contributed by atoms with Crippen LogP contribution in [0.25, 0.3) is 0 Å². The van der Waals surface area contributed by atoms with E-state index in [2.05, 4.69) is 4.72 Å². The SMILES string of the molecule is CC(C)[C@@H]1CCNS1(=O)=O. The highest BCUT2D eigenvalue weighted by Gasteiger charge is 2.32. The maximum Gasteiger partial charge on any atom is 0.214 e. The summed E-state index contributed by atoms with van der Waals surface area (Å²) >= 11 is 0. The molecule has 0 unspecified atom stereocenters. The van der Waals surface area contributed by atoms with Crippen LogP contribution in [-0.4, -0.2) is 20.2 Å². The number of nitrogens with one attached hydrogen (secondary N) is 1. The van der Waals surface area contributed by atoms with E-state index in [9.17, 15) is 8.42 Å². The second-order valence-corrected chi connectivity index (χ2v) is 4.99. The molecule has 1 saturated heterocycles. The molecule has 0 aromatic rings. The highest BCUT2D eigenvalue weighted by atomic mass is 32.2. The van der Waals surface area contributed by atoms with E-state index >= 15 is 0 Å². The minimum atomic E-state index is -2.94. The van der Waals surface area contributed by atoms with Gasteiger partial charge in [-0.3, -0.25) is 0 Å². The van der Waals surface area contributed by atoms with Crippen LogP contribution in [0.4, 0.5) is 0 Å². The van der Waals surface area contributed by atoms with Crippen LogP contribution in [0, 0.1) is 5.92 Å². The molecule has 0 aromatic carbocycles. The Kier molecular flexibility index (Phi) is 2.01. The van der Waals surface area contributed by atoms with Crippen LogP contribution in [0.15, 0.2) is 0 Å². The van der Waals surface area contributed by atoms with Crippen molar-refractivity contribution in [1.82, 2.24) is 4.72 Å². The highest BCUT2D eigenvalue weighted by molar-refractivity contribution is 7.90. The molecular weight excluding hydrogens is 150 g/mol. The molecule has 1 aliphatic heterocycles. The Balaban J connectivity index is 2.79. The van der Waals surface area contributed by atoms with E-state index in [4.69, 9.17) is 0 Å². The van der Waals surface area contributed by atoms with Gasteiger partial charge in [0.1, 0.15) is 0 Å². The summed E-state index contributed by atoms with van der Waals surface area (Å²) in [7, 11) is -2.94. The zero-order valence-corrected chi connectivity index (χ0v) is 7.11. The topological polar surface area (TPSA) is 46.2 Å². The van der Waals surface area contributed by atoms with Gasteiger partial charge >= 0.3 is 0 Å². The minimum absolute atomic E-state index is 0.160. The summed E-state index contributed by atoms with van der Waals surface area (Å²) in [6, 6.07) is 0. The summed E-state index contributed by atoms with van der Waals surface area (Å²) in [6.07, 6.45) is 0.764. The first-order valence-electron chi connectivity index (χ1n) is 3.52. The summed E-state index contributed by atoms with van der Waals surface area (Å²) in [5, 5.41) is -0.160. The van der Waals surface area contributed by atoms with Crippen molar-refractivity contribution >= 4 is 10.0 Å². The quantitative estimate of drug-likeness (QED) is 0.605. The van der Waals surface area contributed by atoms with Crippen LogP contribution in [0.5, 0.6) is 0 Å². The Hall–Kier alpha value is -0.0900. The van der Waals surface area contributed by atoms with Crippen LogP contribution in [0.2, 0.25) is 0 Å². The zero-order valence-electron chi connectivity index (χ0n) is 6.29. The molecular formula is C6H13NO2S. The van der Waals surface area contributed by atoms with Gasteiger partial charge in [0, 0.05) is 6.54 Å². The smallest absolute Gasteiger partial charge is 0.214 e. The molecule has 0 bridgehead atoms. The summed E-state index contributed by atoms with van der Waals surface area (Å²) in [5.74, 6) is 0.236. The Morgan fingerprint density at radius 2 is 2.10 bits per heavy atom. The van der Waals surface area contributed by atoms with E-state index < -0.39 is 10.0 Å². The van der Waals surface area contributed by atoms with Crippen molar-refractivity contribution in [3.8, 4) is 0 Å². The summed E-state index contributed by atoms with van der Waals surface area (Å²) in [4.78, 5) is 0. The van der Waals surface area contributed by atoms with Crippen molar-refractivity contribution in [2.24, 2.45) is 5.92 Å². The lowest BCUT2D eigenvalue weighted by atomic mass is 10.1. The highest BCUT2D eigenvalue weighted by Crippen LogP contribution is 2.19. The second kappa shape index (κ2) is 2.51. The molecule has 0 spiro atoms.